The van der Waals surface area contributed by atoms with Crippen molar-refractivity contribution in [1.29, 1.82) is 0 Å². The molecule has 1 saturated heterocycles. The fourth-order valence-electron chi connectivity index (χ4n) is 2.85. The SMILES string of the molecule is CS(=O)(=O)c1cnc(NC2CCC2)nc1C1CCCNC1.Cl. The Bertz CT molecular complexity index is 613. The first-order chi connectivity index (χ1) is 10.0. The maximum atomic E-state index is 12.0. The molecule has 0 amide bonds. The van der Waals surface area contributed by atoms with Crippen molar-refractivity contribution in [2.75, 3.05) is 24.7 Å². The van der Waals surface area contributed by atoms with Crippen LogP contribution in [0.25, 0.3) is 0 Å². The Labute approximate surface area is 137 Å². The molecule has 2 N–H and O–H groups in total. The second kappa shape index (κ2) is 7.10. The fraction of sp³-hybridized carbons (Fsp3) is 0.714. The standard InChI is InChI=1S/C14H22N4O2S.ClH/c1-21(19,20)12-9-16-14(17-11-5-2-6-11)18-13(12)10-4-3-7-15-8-10;/h9-11,15H,2-8H2,1H3,(H,16,17,18);1H. The first kappa shape index (κ1) is 17.4. The van der Waals surface area contributed by atoms with Crippen LogP contribution in [0.3, 0.4) is 0 Å². The number of piperidine rings is 1. The largest absolute Gasteiger partial charge is 0.351 e. The van der Waals surface area contributed by atoms with Crippen molar-refractivity contribution < 1.29 is 8.42 Å². The minimum atomic E-state index is -3.30. The van der Waals surface area contributed by atoms with Crippen LogP contribution in [0.1, 0.15) is 43.7 Å². The molecule has 6 nitrogen and oxygen atoms in total. The third-order valence-corrected chi connectivity index (χ3v) is 5.42. The molecule has 3 rings (SSSR count). The molecule has 0 aromatic carbocycles. The number of hydrogen-bond donors (Lipinski definition) is 2. The zero-order valence-corrected chi connectivity index (χ0v) is 14.3. The molecule has 1 aliphatic carbocycles. The lowest BCUT2D eigenvalue weighted by molar-refractivity contribution is 0.437. The van der Waals surface area contributed by atoms with Crippen LogP contribution >= 0.6 is 12.4 Å². The third kappa shape index (κ3) is 3.88. The second-order valence-corrected chi connectivity index (χ2v) is 8.01. The van der Waals surface area contributed by atoms with Crippen LogP contribution in [0.15, 0.2) is 11.1 Å². The molecule has 124 valence electrons. The minimum Gasteiger partial charge on any atom is -0.351 e. The normalized spacial score (nSPS) is 22.5. The molecular weight excluding hydrogens is 324 g/mol. The van der Waals surface area contributed by atoms with Crippen molar-refractivity contribution >= 4 is 28.2 Å². The van der Waals surface area contributed by atoms with Crippen LogP contribution in [-0.4, -0.2) is 43.8 Å². The average Bonchev–Trinajstić information content (AvgIpc) is 2.42. The average molecular weight is 347 g/mol. The Hall–Kier alpha value is -0.920. The van der Waals surface area contributed by atoms with E-state index in [1.54, 1.807) is 0 Å². The van der Waals surface area contributed by atoms with Crippen molar-refractivity contribution in [1.82, 2.24) is 15.3 Å². The van der Waals surface area contributed by atoms with E-state index in [1.165, 1.54) is 18.9 Å². The van der Waals surface area contributed by atoms with Crippen LogP contribution < -0.4 is 10.6 Å². The zero-order chi connectivity index (χ0) is 14.9. The quantitative estimate of drug-likeness (QED) is 0.863. The van der Waals surface area contributed by atoms with E-state index in [-0.39, 0.29) is 23.2 Å². The van der Waals surface area contributed by atoms with Gasteiger partial charge in [-0.05, 0) is 38.6 Å². The highest BCUT2D eigenvalue weighted by Crippen LogP contribution is 2.29. The molecule has 8 heteroatoms. The van der Waals surface area contributed by atoms with Gasteiger partial charge in [0.15, 0.2) is 9.84 Å². The number of hydrogen-bond acceptors (Lipinski definition) is 6. The summed E-state index contributed by atoms with van der Waals surface area (Å²) in [7, 11) is -3.30. The van der Waals surface area contributed by atoms with Crippen LogP contribution in [0.2, 0.25) is 0 Å². The van der Waals surface area contributed by atoms with Gasteiger partial charge < -0.3 is 10.6 Å². The Morgan fingerprint density at radius 2 is 2.05 bits per heavy atom. The number of anilines is 1. The number of sulfone groups is 1. The van der Waals surface area contributed by atoms with Gasteiger partial charge in [0.1, 0.15) is 4.90 Å². The van der Waals surface area contributed by atoms with Crippen molar-refractivity contribution in [2.45, 2.75) is 49.0 Å². The highest BCUT2D eigenvalue weighted by atomic mass is 35.5. The molecule has 0 bridgehead atoms. The molecule has 22 heavy (non-hydrogen) atoms. The number of halogens is 1. The predicted octanol–water partition coefficient (Wildman–Crippen LogP) is 1.73. The molecule has 1 aliphatic heterocycles. The van der Waals surface area contributed by atoms with E-state index in [0.29, 0.717) is 17.7 Å². The summed E-state index contributed by atoms with van der Waals surface area (Å²) in [5.41, 5.74) is 0.668. The molecule has 0 radical (unpaired) electrons. The molecule has 1 saturated carbocycles. The summed E-state index contributed by atoms with van der Waals surface area (Å²) in [4.78, 5) is 9.02. The van der Waals surface area contributed by atoms with E-state index >= 15 is 0 Å². The predicted molar refractivity (Wildman–Crippen MR) is 88.5 cm³/mol. The monoisotopic (exact) mass is 346 g/mol. The van der Waals surface area contributed by atoms with Gasteiger partial charge >= 0.3 is 0 Å². The van der Waals surface area contributed by atoms with E-state index in [2.05, 4.69) is 20.6 Å². The number of nitrogens with one attached hydrogen (secondary N) is 2. The molecule has 1 aromatic heterocycles. The van der Waals surface area contributed by atoms with Crippen LogP contribution in [-0.2, 0) is 9.84 Å². The molecule has 1 atom stereocenters. The number of aromatic nitrogens is 2. The van der Waals surface area contributed by atoms with Crippen molar-refractivity contribution in [3.8, 4) is 0 Å². The van der Waals surface area contributed by atoms with Gasteiger partial charge in [0.05, 0.1) is 11.9 Å². The summed E-state index contributed by atoms with van der Waals surface area (Å²) < 4.78 is 24.0. The molecular formula is C14H23ClN4O2S. The van der Waals surface area contributed by atoms with Gasteiger partial charge in [-0.15, -0.1) is 12.4 Å². The van der Waals surface area contributed by atoms with Gasteiger partial charge in [0.25, 0.3) is 0 Å². The summed E-state index contributed by atoms with van der Waals surface area (Å²) in [5, 5.41) is 6.62. The summed E-state index contributed by atoms with van der Waals surface area (Å²) in [5.74, 6) is 0.709. The third-order valence-electron chi connectivity index (χ3n) is 4.30. The summed E-state index contributed by atoms with van der Waals surface area (Å²) in [6, 6.07) is 0.436. The minimum absolute atomic E-state index is 0. The second-order valence-electron chi connectivity index (χ2n) is 6.03. The Kier molecular flexibility index (Phi) is 5.63. The number of nitrogens with zero attached hydrogens (tertiary/aromatic N) is 2. The van der Waals surface area contributed by atoms with Crippen LogP contribution in [0, 0.1) is 0 Å². The molecule has 2 aliphatic rings. The van der Waals surface area contributed by atoms with Gasteiger partial charge in [0.2, 0.25) is 5.95 Å². The molecule has 1 aromatic rings. The summed E-state index contributed by atoms with van der Waals surface area (Å²) in [6.07, 6.45) is 8.21. The lowest BCUT2D eigenvalue weighted by Crippen LogP contribution is -2.31. The first-order valence-electron chi connectivity index (χ1n) is 7.58. The molecule has 2 fully saturated rings. The molecule has 2 heterocycles. The van der Waals surface area contributed by atoms with E-state index in [9.17, 15) is 8.42 Å². The van der Waals surface area contributed by atoms with E-state index in [0.717, 1.165) is 38.8 Å². The lowest BCUT2D eigenvalue weighted by Gasteiger charge is -2.28. The van der Waals surface area contributed by atoms with E-state index < -0.39 is 9.84 Å². The van der Waals surface area contributed by atoms with Gasteiger partial charge in [0, 0.05) is 24.8 Å². The zero-order valence-electron chi connectivity index (χ0n) is 12.7. The highest BCUT2D eigenvalue weighted by molar-refractivity contribution is 7.90. The van der Waals surface area contributed by atoms with Gasteiger partial charge in [-0.2, -0.15) is 0 Å². The van der Waals surface area contributed by atoms with Gasteiger partial charge in [-0.25, -0.2) is 18.4 Å². The van der Waals surface area contributed by atoms with Gasteiger partial charge in [-0.1, -0.05) is 0 Å². The lowest BCUT2D eigenvalue weighted by atomic mass is 9.93. The van der Waals surface area contributed by atoms with Crippen molar-refractivity contribution in [3.05, 3.63) is 11.9 Å². The fourth-order valence-corrected chi connectivity index (χ4v) is 3.69. The Balaban J connectivity index is 0.00000176. The van der Waals surface area contributed by atoms with Gasteiger partial charge in [-0.3, -0.25) is 0 Å². The molecule has 1 unspecified atom stereocenters. The topological polar surface area (TPSA) is 84.0 Å². The Morgan fingerprint density at radius 3 is 2.59 bits per heavy atom. The van der Waals surface area contributed by atoms with E-state index in [1.807, 2.05) is 0 Å². The summed E-state index contributed by atoms with van der Waals surface area (Å²) in [6.45, 7) is 1.77. The van der Waals surface area contributed by atoms with Crippen molar-refractivity contribution in [3.63, 3.8) is 0 Å². The maximum Gasteiger partial charge on any atom is 0.223 e. The molecule has 0 spiro atoms. The first-order valence-corrected chi connectivity index (χ1v) is 9.47. The Morgan fingerprint density at radius 1 is 1.27 bits per heavy atom. The maximum absolute atomic E-state index is 12.0. The smallest absolute Gasteiger partial charge is 0.223 e. The van der Waals surface area contributed by atoms with E-state index in [4.69, 9.17) is 0 Å². The van der Waals surface area contributed by atoms with Crippen LogP contribution in [0.5, 0.6) is 0 Å². The number of rotatable bonds is 4. The highest BCUT2D eigenvalue weighted by Gasteiger charge is 2.26. The van der Waals surface area contributed by atoms with Crippen LogP contribution in [0.4, 0.5) is 5.95 Å². The van der Waals surface area contributed by atoms with Crippen molar-refractivity contribution in [2.24, 2.45) is 0 Å². The summed E-state index contributed by atoms with van der Waals surface area (Å²) >= 11 is 0.